The minimum absolute atomic E-state index is 0.0753. The van der Waals surface area contributed by atoms with E-state index in [0.29, 0.717) is 40.2 Å². The molecule has 3 nitrogen and oxygen atoms in total. The summed E-state index contributed by atoms with van der Waals surface area (Å²) in [5.41, 5.74) is 4.48. The highest BCUT2D eigenvalue weighted by atomic mass is 16.3. The van der Waals surface area contributed by atoms with E-state index in [-0.39, 0.29) is 28.3 Å². The summed E-state index contributed by atoms with van der Waals surface area (Å²) >= 11 is 0. The number of aromatic hydroxyl groups is 1. The highest BCUT2D eigenvalue weighted by molar-refractivity contribution is 6.09. The van der Waals surface area contributed by atoms with Crippen molar-refractivity contribution in [2.45, 2.75) is 65.7 Å². The molecular weight excluding hydrogens is 480 g/mol. The summed E-state index contributed by atoms with van der Waals surface area (Å²) in [6.45, 7) is 6.66. The number of carbonyl (C=O) groups excluding carboxylic acids is 2. The number of ketones is 2. The molecule has 0 spiro atoms. The number of Topliss-reactive ketones (excluding diaryl/α,β-unsaturated/α-hetero) is 1. The molecule has 4 aliphatic rings. The Kier molecular flexibility index (Phi) is 6.41. The van der Waals surface area contributed by atoms with Gasteiger partial charge in [0.1, 0.15) is 11.5 Å². The zero-order valence-corrected chi connectivity index (χ0v) is 23.3. The first-order valence-corrected chi connectivity index (χ1v) is 14.6. The molecule has 0 saturated heterocycles. The molecular formula is C36H38O3. The second-order valence-electron chi connectivity index (χ2n) is 12.8. The van der Waals surface area contributed by atoms with Crippen LogP contribution in [0.2, 0.25) is 0 Å². The van der Waals surface area contributed by atoms with Crippen LogP contribution in [0.5, 0.6) is 5.75 Å². The first-order chi connectivity index (χ1) is 18.7. The molecule has 6 atom stereocenters. The summed E-state index contributed by atoms with van der Waals surface area (Å²) in [6, 6.07) is 14.1. The maximum absolute atomic E-state index is 12.9. The second-order valence-corrected chi connectivity index (χ2v) is 12.8. The zero-order valence-electron chi connectivity index (χ0n) is 23.3. The van der Waals surface area contributed by atoms with E-state index in [4.69, 9.17) is 0 Å². The number of benzene rings is 2. The molecule has 1 N–H and O–H groups in total. The summed E-state index contributed by atoms with van der Waals surface area (Å²) in [5.74, 6) is 9.14. The lowest BCUT2D eigenvalue weighted by molar-refractivity contribution is -0.127. The number of carbonyl (C=O) groups is 2. The van der Waals surface area contributed by atoms with E-state index in [1.54, 1.807) is 37.3 Å². The van der Waals surface area contributed by atoms with Crippen molar-refractivity contribution >= 4 is 11.6 Å². The second kappa shape index (κ2) is 9.67. The van der Waals surface area contributed by atoms with Gasteiger partial charge in [-0.1, -0.05) is 62.1 Å². The minimum atomic E-state index is -0.0753. The topological polar surface area (TPSA) is 54.4 Å². The molecule has 0 aromatic heterocycles. The molecule has 0 aliphatic heterocycles. The Bertz CT molecular complexity index is 1450. The van der Waals surface area contributed by atoms with Gasteiger partial charge in [0.05, 0.1) is 5.56 Å². The van der Waals surface area contributed by atoms with E-state index in [2.05, 4.69) is 37.8 Å². The molecule has 2 fully saturated rings. The molecule has 3 heteroatoms. The molecule has 2 aromatic carbocycles. The van der Waals surface area contributed by atoms with Crippen LogP contribution in [0.25, 0.3) is 0 Å². The van der Waals surface area contributed by atoms with Gasteiger partial charge >= 0.3 is 0 Å². The van der Waals surface area contributed by atoms with Crippen molar-refractivity contribution in [3.63, 3.8) is 0 Å². The Morgan fingerprint density at radius 3 is 2.49 bits per heavy atom. The van der Waals surface area contributed by atoms with E-state index in [9.17, 15) is 14.7 Å². The summed E-state index contributed by atoms with van der Waals surface area (Å²) < 4.78 is 0. The number of allylic oxidation sites excluding steroid dienone is 4. The van der Waals surface area contributed by atoms with Crippen LogP contribution in [0.4, 0.5) is 0 Å². The first-order valence-electron chi connectivity index (χ1n) is 14.6. The van der Waals surface area contributed by atoms with Crippen LogP contribution in [0.3, 0.4) is 0 Å². The SMILES string of the molecule is CC(=O)[C@H]1CC[C@H]2[C@@H]3CC=C4C=C(C#Cc5cc(C(=O)c6ccccc6)ccc5O)CC[C@]4(C)[C@H]3CC[C@]12C. The quantitative estimate of drug-likeness (QED) is 0.335. The van der Waals surface area contributed by atoms with Crippen molar-refractivity contribution in [1.29, 1.82) is 0 Å². The number of fused-ring (bicyclic) bond motifs is 5. The largest absolute Gasteiger partial charge is 0.507 e. The number of phenols is 1. The predicted octanol–water partition coefficient (Wildman–Crippen LogP) is 7.68. The third-order valence-corrected chi connectivity index (χ3v) is 10.9. The van der Waals surface area contributed by atoms with Gasteiger partial charge in [-0.2, -0.15) is 0 Å². The van der Waals surface area contributed by atoms with E-state index in [0.717, 1.165) is 31.3 Å². The van der Waals surface area contributed by atoms with Crippen molar-refractivity contribution in [2.75, 3.05) is 0 Å². The number of hydrogen-bond donors (Lipinski definition) is 1. The van der Waals surface area contributed by atoms with Crippen LogP contribution in [0.1, 0.15) is 87.2 Å². The van der Waals surface area contributed by atoms with Gasteiger partial charge < -0.3 is 5.11 Å². The molecule has 0 bridgehead atoms. The number of rotatable bonds is 3. The lowest BCUT2D eigenvalue weighted by Gasteiger charge is -2.57. The van der Waals surface area contributed by atoms with E-state index < -0.39 is 0 Å². The molecule has 0 heterocycles. The summed E-state index contributed by atoms with van der Waals surface area (Å²) in [4.78, 5) is 25.3. The Hall–Kier alpha value is -3.38. The number of hydrogen-bond acceptors (Lipinski definition) is 3. The maximum atomic E-state index is 12.9. The van der Waals surface area contributed by atoms with Crippen molar-refractivity contribution < 1.29 is 14.7 Å². The highest BCUT2D eigenvalue weighted by Crippen LogP contribution is 2.66. The van der Waals surface area contributed by atoms with Gasteiger partial charge in [-0.05, 0) is 110 Å². The minimum Gasteiger partial charge on any atom is -0.507 e. The van der Waals surface area contributed by atoms with Crippen LogP contribution in [0.15, 0.2) is 71.8 Å². The molecule has 0 radical (unpaired) electrons. The van der Waals surface area contributed by atoms with Gasteiger partial charge in [0.2, 0.25) is 0 Å². The zero-order chi connectivity index (χ0) is 27.4. The van der Waals surface area contributed by atoms with Crippen molar-refractivity contribution in [3.05, 3.63) is 88.5 Å². The predicted molar refractivity (Wildman–Crippen MR) is 154 cm³/mol. The third-order valence-electron chi connectivity index (χ3n) is 10.9. The fraction of sp³-hybridized carbons (Fsp3) is 0.444. The Balaban J connectivity index is 1.25. The van der Waals surface area contributed by atoms with Crippen molar-refractivity contribution in [1.82, 2.24) is 0 Å². The third kappa shape index (κ3) is 4.29. The van der Waals surface area contributed by atoms with E-state index >= 15 is 0 Å². The standard InChI is InChI=1S/C36H38O3/c1-23(37)30-14-15-31-29-13-12-28-21-24(17-19-35(28,2)32(29)18-20-36(30,31)3)9-10-26-22-27(11-16-33(26)38)34(39)25-7-5-4-6-8-25/h4-8,11-12,16,21-22,29-32,38H,13-15,17-20H2,1-3H3/t29-,30+,31-,32-,35-,36+/m0/s1. The van der Waals surface area contributed by atoms with Crippen LogP contribution >= 0.6 is 0 Å². The fourth-order valence-corrected chi connectivity index (χ4v) is 8.77. The lowest BCUT2D eigenvalue weighted by atomic mass is 9.47. The fourth-order valence-electron chi connectivity index (χ4n) is 8.77. The van der Waals surface area contributed by atoms with Crippen molar-refractivity contribution in [3.8, 4) is 17.6 Å². The van der Waals surface area contributed by atoms with E-state index in [1.165, 1.54) is 24.8 Å². The first kappa shape index (κ1) is 25.9. The van der Waals surface area contributed by atoms with Gasteiger partial charge in [0.15, 0.2) is 5.78 Å². The van der Waals surface area contributed by atoms with Gasteiger partial charge in [0, 0.05) is 22.6 Å². The average molecular weight is 519 g/mol. The summed E-state index contributed by atoms with van der Waals surface area (Å²) in [7, 11) is 0. The molecule has 39 heavy (non-hydrogen) atoms. The molecule has 0 amide bonds. The van der Waals surface area contributed by atoms with Crippen molar-refractivity contribution in [2.24, 2.45) is 34.5 Å². The average Bonchev–Trinajstić information content (AvgIpc) is 3.30. The van der Waals surface area contributed by atoms with Crippen LogP contribution in [0, 0.1) is 46.3 Å². The van der Waals surface area contributed by atoms with Crippen LogP contribution in [-0.2, 0) is 4.79 Å². The van der Waals surface area contributed by atoms with Crippen LogP contribution in [-0.4, -0.2) is 16.7 Å². The highest BCUT2D eigenvalue weighted by Gasteiger charge is 2.58. The van der Waals surface area contributed by atoms with E-state index in [1.807, 2.05) is 18.2 Å². The lowest BCUT2D eigenvalue weighted by Crippen LogP contribution is -2.49. The maximum Gasteiger partial charge on any atom is 0.193 e. The summed E-state index contributed by atoms with van der Waals surface area (Å²) in [5, 5.41) is 10.5. The molecule has 4 aliphatic carbocycles. The molecule has 2 aromatic rings. The molecule has 6 rings (SSSR count). The monoisotopic (exact) mass is 518 g/mol. The van der Waals surface area contributed by atoms with Gasteiger partial charge in [-0.15, -0.1) is 0 Å². The Morgan fingerprint density at radius 2 is 1.72 bits per heavy atom. The van der Waals surface area contributed by atoms with Gasteiger partial charge in [-0.3, -0.25) is 9.59 Å². The molecule has 0 unspecified atom stereocenters. The smallest absolute Gasteiger partial charge is 0.193 e. The Morgan fingerprint density at radius 1 is 0.923 bits per heavy atom. The normalized spacial score (nSPS) is 32.9. The van der Waals surface area contributed by atoms with Gasteiger partial charge in [-0.25, -0.2) is 0 Å². The summed E-state index contributed by atoms with van der Waals surface area (Å²) in [6.07, 6.45) is 12.5. The molecule has 200 valence electrons. The van der Waals surface area contributed by atoms with Crippen LogP contribution < -0.4 is 0 Å². The molecule has 2 saturated carbocycles. The number of phenolic OH excluding ortho intramolecular Hbond substituents is 1. The van der Waals surface area contributed by atoms with Gasteiger partial charge in [0.25, 0.3) is 0 Å². The Labute approximate surface area is 232 Å².